The summed E-state index contributed by atoms with van der Waals surface area (Å²) in [5.74, 6) is 0. The van der Waals surface area contributed by atoms with E-state index in [1.165, 1.54) is 0 Å². The molecule has 0 saturated carbocycles. The third-order valence-electron chi connectivity index (χ3n) is 1.23. The fourth-order valence-electron chi connectivity index (χ4n) is 0.737. The van der Waals surface area contributed by atoms with Gasteiger partial charge >= 0.3 is 0 Å². The van der Waals surface area contributed by atoms with Crippen molar-refractivity contribution in [2.45, 2.75) is 6.42 Å². The Morgan fingerprint density at radius 1 is 1.70 bits per heavy atom. The van der Waals surface area contributed by atoms with E-state index in [9.17, 15) is 0 Å². The van der Waals surface area contributed by atoms with E-state index in [4.69, 9.17) is 4.11 Å². The molecule has 1 aromatic rings. The Labute approximate surface area is 65.5 Å². The SMILES string of the molecule is [2H]C([2H])([2H])NCCc1ccccn1. The van der Waals surface area contributed by atoms with Gasteiger partial charge in [-0.05, 0) is 19.1 Å². The number of hydrogen-bond acceptors (Lipinski definition) is 2. The molecule has 0 saturated heterocycles. The molecule has 0 aliphatic heterocycles. The summed E-state index contributed by atoms with van der Waals surface area (Å²) in [5.41, 5.74) is 0.902. The number of rotatable bonds is 3. The second-order valence-electron chi connectivity index (χ2n) is 2.00. The summed E-state index contributed by atoms with van der Waals surface area (Å²) in [6, 6.07) is 5.60. The molecule has 0 aliphatic carbocycles. The summed E-state index contributed by atoms with van der Waals surface area (Å²) in [4.78, 5) is 4.07. The first-order valence-electron chi connectivity index (χ1n) is 4.73. The molecule has 0 aliphatic rings. The normalized spacial score (nSPS) is 15.4. The van der Waals surface area contributed by atoms with E-state index < -0.39 is 6.98 Å². The smallest absolute Gasteiger partial charge is 0.0416 e. The van der Waals surface area contributed by atoms with Crippen LogP contribution in [0.2, 0.25) is 0 Å². The number of aromatic nitrogens is 1. The van der Waals surface area contributed by atoms with Gasteiger partial charge in [-0.1, -0.05) is 6.07 Å². The first-order chi connectivity index (χ1) is 6.08. The maximum Gasteiger partial charge on any atom is 0.0416 e. The topological polar surface area (TPSA) is 24.9 Å². The summed E-state index contributed by atoms with van der Waals surface area (Å²) in [5, 5.41) is 2.43. The molecule has 0 fully saturated rings. The van der Waals surface area contributed by atoms with Crippen LogP contribution < -0.4 is 5.32 Å². The Hall–Kier alpha value is -0.890. The Morgan fingerprint density at radius 2 is 2.70 bits per heavy atom. The molecule has 1 rings (SSSR count). The van der Waals surface area contributed by atoms with Crippen molar-refractivity contribution in [3.63, 3.8) is 0 Å². The molecule has 0 amide bonds. The highest BCUT2D eigenvalue weighted by atomic mass is 14.8. The molecule has 1 N–H and O–H groups in total. The number of nitrogens with one attached hydrogen (secondary N) is 1. The summed E-state index contributed by atoms with van der Waals surface area (Å²) in [7, 11) is 0. The van der Waals surface area contributed by atoms with Gasteiger partial charge in [-0.15, -0.1) is 0 Å². The first-order valence-corrected chi connectivity index (χ1v) is 3.23. The fourth-order valence-corrected chi connectivity index (χ4v) is 0.737. The molecule has 10 heavy (non-hydrogen) atoms. The average Bonchev–Trinajstić information content (AvgIpc) is 2.04. The quantitative estimate of drug-likeness (QED) is 0.671. The van der Waals surface area contributed by atoms with Gasteiger partial charge in [0.05, 0.1) is 0 Å². The molecule has 0 unspecified atom stereocenters. The highest BCUT2D eigenvalue weighted by Gasteiger charge is 1.88. The van der Waals surface area contributed by atoms with E-state index in [0.717, 1.165) is 5.69 Å². The van der Waals surface area contributed by atoms with Crippen LogP contribution in [0.1, 0.15) is 9.81 Å². The van der Waals surface area contributed by atoms with Crippen molar-refractivity contribution in [3.05, 3.63) is 30.1 Å². The van der Waals surface area contributed by atoms with Gasteiger partial charge in [-0.3, -0.25) is 4.98 Å². The molecule has 1 aromatic heterocycles. The summed E-state index contributed by atoms with van der Waals surface area (Å²) in [6.45, 7) is -1.62. The molecule has 2 heteroatoms. The van der Waals surface area contributed by atoms with E-state index >= 15 is 0 Å². The van der Waals surface area contributed by atoms with Crippen molar-refractivity contribution < 1.29 is 4.11 Å². The zero-order valence-electron chi connectivity index (χ0n) is 8.67. The Bertz CT molecular complexity index is 245. The monoisotopic (exact) mass is 139 g/mol. The Kier molecular flexibility index (Phi) is 1.64. The zero-order chi connectivity index (χ0) is 9.73. The van der Waals surface area contributed by atoms with E-state index in [1.807, 2.05) is 18.2 Å². The lowest BCUT2D eigenvalue weighted by Crippen LogP contribution is -2.10. The minimum absolute atomic E-state index is 0.424. The van der Waals surface area contributed by atoms with Crippen LogP contribution in [0.3, 0.4) is 0 Å². The number of nitrogens with zero attached hydrogens (tertiary/aromatic N) is 1. The minimum Gasteiger partial charge on any atom is -0.319 e. The molecule has 0 bridgehead atoms. The summed E-state index contributed by atoms with van der Waals surface area (Å²) < 4.78 is 20.7. The van der Waals surface area contributed by atoms with Crippen molar-refractivity contribution in [1.82, 2.24) is 10.3 Å². The van der Waals surface area contributed by atoms with Gasteiger partial charge in [0, 0.05) is 29.0 Å². The highest BCUT2D eigenvalue weighted by Crippen LogP contribution is 1.92. The fraction of sp³-hybridized carbons (Fsp3) is 0.375. The van der Waals surface area contributed by atoms with Crippen molar-refractivity contribution >= 4 is 0 Å². The van der Waals surface area contributed by atoms with Gasteiger partial charge in [0.25, 0.3) is 0 Å². The molecular formula is C8H12N2. The van der Waals surface area contributed by atoms with Crippen molar-refractivity contribution in [2.24, 2.45) is 0 Å². The lowest BCUT2D eigenvalue weighted by molar-refractivity contribution is 0.776. The molecular weight excluding hydrogens is 124 g/mol. The Morgan fingerprint density at radius 3 is 3.40 bits per heavy atom. The number of pyridine rings is 1. The van der Waals surface area contributed by atoms with Crippen LogP contribution >= 0.6 is 0 Å². The Balaban J connectivity index is 2.29. The molecule has 0 spiro atoms. The third-order valence-corrected chi connectivity index (χ3v) is 1.23. The van der Waals surface area contributed by atoms with Crippen molar-refractivity contribution in [3.8, 4) is 0 Å². The largest absolute Gasteiger partial charge is 0.319 e. The lowest BCUT2D eigenvalue weighted by atomic mass is 10.3. The van der Waals surface area contributed by atoms with Gasteiger partial charge in [-0.2, -0.15) is 0 Å². The van der Waals surface area contributed by atoms with E-state index in [1.54, 1.807) is 6.20 Å². The third kappa shape index (κ3) is 2.15. The maximum atomic E-state index is 6.90. The maximum absolute atomic E-state index is 6.90. The van der Waals surface area contributed by atoms with Crippen LogP contribution in [-0.4, -0.2) is 18.5 Å². The van der Waals surface area contributed by atoms with Crippen LogP contribution in [0.4, 0.5) is 0 Å². The predicted molar refractivity (Wildman–Crippen MR) is 41.9 cm³/mol. The first kappa shape index (κ1) is 4.09. The molecule has 2 nitrogen and oxygen atoms in total. The van der Waals surface area contributed by atoms with Gasteiger partial charge in [-0.25, -0.2) is 0 Å². The second-order valence-corrected chi connectivity index (χ2v) is 2.00. The standard InChI is InChI=1S/C8H12N2/c1-9-7-5-8-4-2-3-6-10-8/h2-4,6,9H,5,7H2,1H3/i1D3. The summed E-state index contributed by atoms with van der Waals surface area (Å²) >= 11 is 0. The van der Waals surface area contributed by atoms with Crippen LogP contribution in [0.5, 0.6) is 0 Å². The van der Waals surface area contributed by atoms with Gasteiger partial charge in [0.1, 0.15) is 0 Å². The lowest BCUT2D eigenvalue weighted by Gasteiger charge is -1.96. The van der Waals surface area contributed by atoms with E-state index in [-0.39, 0.29) is 0 Å². The number of hydrogen-bond donors (Lipinski definition) is 1. The van der Waals surface area contributed by atoms with Gasteiger partial charge < -0.3 is 5.32 Å². The van der Waals surface area contributed by atoms with Crippen LogP contribution in [-0.2, 0) is 6.42 Å². The zero-order valence-corrected chi connectivity index (χ0v) is 5.67. The molecule has 0 aromatic carbocycles. The molecule has 0 radical (unpaired) electrons. The van der Waals surface area contributed by atoms with Crippen molar-refractivity contribution in [2.75, 3.05) is 13.5 Å². The van der Waals surface area contributed by atoms with Crippen LogP contribution in [0.25, 0.3) is 0 Å². The van der Waals surface area contributed by atoms with Crippen molar-refractivity contribution in [1.29, 1.82) is 0 Å². The second kappa shape index (κ2) is 4.01. The predicted octanol–water partition coefficient (Wildman–Crippen LogP) is 0.843. The van der Waals surface area contributed by atoms with Gasteiger partial charge in [0.15, 0.2) is 0 Å². The molecule has 0 atom stereocenters. The van der Waals surface area contributed by atoms with E-state index in [0.29, 0.717) is 13.0 Å². The minimum atomic E-state index is -2.05. The van der Waals surface area contributed by atoms with Gasteiger partial charge in [0.2, 0.25) is 0 Å². The molecule has 1 heterocycles. The average molecular weight is 139 g/mol. The number of likely N-dealkylation sites (N-methyl/N-ethyl adjacent to an activating group) is 1. The summed E-state index contributed by atoms with van der Waals surface area (Å²) in [6.07, 6.45) is 2.34. The van der Waals surface area contributed by atoms with Crippen LogP contribution in [0.15, 0.2) is 24.4 Å². The molecule has 54 valence electrons. The van der Waals surface area contributed by atoms with E-state index in [2.05, 4.69) is 10.3 Å². The van der Waals surface area contributed by atoms with Crippen LogP contribution in [0, 0.1) is 0 Å². The highest BCUT2D eigenvalue weighted by molar-refractivity contribution is 5.03.